The van der Waals surface area contributed by atoms with Crippen molar-refractivity contribution in [3.8, 4) is 22.0 Å². The first-order chi connectivity index (χ1) is 15.0. The average molecular weight is 432 g/mol. The number of nitrogens with zero attached hydrogens (tertiary/aromatic N) is 2. The normalized spacial score (nSPS) is 10.6. The molecular weight excluding hydrogens is 410 g/mol. The van der Waals surface area contributed by atoms with Gasteiger partial charge in [0.25, 0.3) is 11.8 Å². The maximum Gasteiger partial charge on any atom is 0.263 e. The number of rotatable bonds is 6. The van der Waals surface area contributed by atoms with Crippen LogP contribution in [0.1, 0.15) is 25.6 Å². The van der Waals surface area contributed by atoms with Crippen LogP contribution in [0, 0.1) is 0 Å². The van der Waals surface area contributed by atoms with Crippen LogP contribution >= 0.6 is 11.3 Å². The van der Waals surface area contributed by atoms with Gasteiger partial charge in [0, 0.05) is 31.8 Å². The molecule has 0 aliphatic carbocycles. The van der Waals surface area contributed by atoms with Gasteiger partial charge in [0.2, 0.25) is 0 Å². The smallest absolute Gasteiger partial charge is 0.263 e. The highest BCUT2D eigenvalue weighted by Crippen LogP contribution is 2.34. The number of carbonyl (C=O) groups excluding carboxylic acids is 2. The Morgan fingerprint density at radius 1 is 1.03 bits per heavy atom. The van der Waals surface area contributed by atoms with Crippen LogP contribution in [-0.2, 0) is 6.54 Å². The summed E-state index contributed by atoms with van der Waals surface area (Å²) in [5, 5.41) is 3.60. The fraction of sp³-hybridized carbons (Fsp3) is 0.125. The molecule has 0 aliphatic rings. The fourth-order valence-electron chi connectivity index (χ4n) is 3.11. The Kier molecular flexibility index (Phi) is 5.95. The van der Waals surface area contributed by atoms with Crippen molar-refractivity contribution in [2.24, 2.45) is 0 Å². The molecule has 0 spiro atoms. The van der Waals surface area contributed by atoms with Gasteiger partial charge in [0.1, 0.15) is 4.88 Å². The molecule has 1 N–H and O–H groups in total. The zero-order valence-electron chi connectivity index (χ0n) is 17.2. The molecule has 2 heterocycles. The standard InChI is InChI=1S/C24H21N3O3S/c1-27(2)24(29)18-11-6-8-16(14-18)15-25-22(28)21-20(17-9-4-3-5-10-17)26-23(31-21)19-12-7-13-30-19/h3-14H,15H2,1-2H3,(H,25,28). The molecule has 0 atom stereocenters. The van der Waals surface area contributed by atoms with Gasteiger partial charge in [-0.05, 0) is 29.8 Å². The topological polar surface area (TPSA) is 75.4 Å². The van der Waals surface area contributed by atoms with Gasteiger partial charge < -0.3 is 14.6 Å². The third-order valence-electron chi connectivity index (χ3n) is 4.65. The van der Waals surface area contributed by atoms with E-state index in [1.165, 1.54) is 16.2 Å². The van der Waals surface area contributed by atoms with Gasteiger partial charge >= 0.3 is 0 Å². The lowest BCUT2D eigenvalue weighted by Crippen LogP contribution is -2.24. The Labute approximate surface area is 184 Å². The van der Waals surface area contributed by atoms with Crippen molar-refractivity contribution in [1.29, 1.82) is 0 Å². The third-order valence-corrected chi connectivity index (χ3v) is 5.71. The zero-order valence-corrected chi connectivity index (χ0v) is 18.0. The predicted octanol–water partition coefficient (Wildman–Crippen LogP) is 4.70. The van der Waals surface area contributed by atoms with Crippen molar-refractivity contribution in [2.45, 2.75) is 6.54 Å². The highest BCUT2D eigenvalue weighted by molar-refractivity contribution is 7.17. The second-order valence-corrected chi connectivity index (χ2v) is 8.12. The molecular formula is C24H21N3O3S. The van der Waals surface area contributed by atoms with Crippen molar-refractivity contribution < 1.29 is 14.0 Å². The zero-order chi connectivity index (χ0) is 21.8. The molecule has 0 saturated heterocycles. The first-order valence-electron chi connectivity index (χ1n) is 9.72. The highest BCUT2D eigenvalue weighted by atomic mass is 32.1. The van der Waals surface area contributed by atoms with Crippen molar-refractivity contribution in [3.63, 3.8) is 0 Å². The van der Waals surface area contributed by atoms with E-state index >= 15 is 0 Å². The molecule has 4 aromatic rings. The van der Waals surface area contributed by atoms with E-state index in [0.29, 0.717) is 33.4 Å². The Morgan fingerprint density at radius 2 is 1.84 bits per heavy atom. The molecule has 2 aromatic heterocycles. The molecule has 0 unspecified atom stereocenters. The summed E-state index contributed by atoms with van der Waals surface area (Å²) in [6.45, 7) is 0.301. The van der Waals surface area contributed by atoms with Crippen molar-refractivity contribution in [2.75, 3.05) is 14.1 Å². The Morgan fingerprint density at radius 3 is 2.55 bits per heavy atom. The summed E-state index contributed by atoms with van der Waals surface area (Å²) in [6.07, 6.45) is 1.58. The van der Waals surface area contributed by atoms with Crippen LogP contribution in [0.3, 0.4) is 0 Å². The minimum Gasteiger partial charge on any atom is -0.462 e. The quantitative estimate of drug-likeness (QED) is 0.480. The number of aromatic nitrogens is 1. The number of amides is 2. The molecule has 0 radical (unpaired) electrons. The maximum absolute atomic E-state index is 13.1. The highest BCUT2D eigenvalue weighted by Gasteiger charge is 2.21. The van der Waals surface area contributed by atoms with Crippen LogP contribution < -0.4 is 5.32 Å². The predicted molar refractivity (Wildman–Crippen MR) is 121 cm³/mol. The van der Waals surface area contributed by atoms with Gasteiger partial charge in [-0.25, -0.2) is 4.98 Å². The van der Waals surface area contributed by atoms with E-state index in [4.69, 9.17) is 4.42 Å². The number of hydrogen-bond donors (Lipinski definition) is 1. The Balaban J connectivity index is 1.59. The lowest BCUT2D eigenvalue weighted by Gasteiger charge is -2.11. The second kappa shape index (κ2) is 8.97. The van der Waals surface area contributed by atoms with Crippen LogP contribution in [0.15, 0.2) is 77.4 Å². The summed E-state index contributed by atoms with van der Waals surface area (Å²) in [6, 6.07) is 20.5. The largest absolute Gasteiger partial charge is 0.462 e. The molecule has 6 nitrogen and oxygen atoms in total. The Hall–Kier alpha value is -3.71. The van der Waals surface area contributed by atoms with Crippen molar-refractivity contribution >= 4 is 23.2 Å². The van der Waals surface area contributed by atoms with E-state index in [1.807, 2.05) is 48.5 Å². The molecule has 2 aromatic carbocycles. The minimum atomic E-state index is -0.224. The van der Waals surface area contributed by atoms with Crippen LogP contribution in [0.25, 0.3) is 22.0 Å². The molecule has 0 fully saturated rings. The van der Waals surface area contributed by atoms with Crippen LogP contribution in [0.5, 0.6) is 0 Å². The first kappa shape index (κ1) is 20.6. The molecule has 0 bridgehead atoms. The molecule has 7 heteroatoms. The van der Waals surface area contributed by atoms with Gasteiger partial charge in [0.15, 0.2) is 10.8 Å². The van der Waals surface area contributed by atoms with Crippen molar-refractivity contribution in [1.82, 2.24) is 15.2 Å². The Bertz CT molecular complexity index is 1200. The summed E-state index contributed by atoms with van der Waals surface area (Å²) in [7, 11) is 3.42. The van der Waals surface area contributed by atoms with Gasteiger partial charge in [-0.3, -0.25) is 9.59 Å². The van der Waals surface area contributed by atoms with Crippen LogP contribution in [0.4, 0.5) is 0 Å². The van der Waals surface area contributed by atoms with E-state index in [1.54, 1.807) is 38.6 Å². The van der Waals surface area contributed by atoms with E-state index in [0.717, 1.165) is 11.1 Å². The summed E-state index contributed by atoms with van der Waals surface area (Å²) in [5.41, 5.74) is 2.91. The molecule has 4 rings (SSSR count). The number of furan rings is 1. The summed E-state index contributed by atoms with van der Waals surface area (Å²) >= 11 is 1.29. The average Bonchev–Trinajstić information content (AvgIpc) is 3.48. The van der Waals surface area contributed by atoms with Crippen molar-refractivity contribution in [3.05, 3.63) is 89.0 Å². The number of carbonyl (C=O) groups is 2. The lowest BCUT2D eigenvalue weighted by molar-refractivity contribution is 0.0827. The maximum atomic E-state index is 13.1. The van der Waals surface area contributed by atoms with Gasteiger partial charge in [-0.1, -0.05) is 42.5 Å². The summed E-state index contributed by atoms with van der Waals surface area (Å²) < 4.78 is 5.47. The first-order valence-corrected chi connectivity index (χ1v) is 10.5. The van der Waals surface area contributed by atoms with E-state index < -0.39 is 0 Å². The SMILES string of the molecule is CN(C)C(=O)c1cccc(CNC(=O)c2sc(-c3ccco3)nc2-c2ccccc2)c1. The van der Waals surface area contributed by atoms with Gasteiger partial charge in [0.05, 0.1) is 12.0 Å². The number of thiazole rings is 1. The van der Waals surface area contributed by atoms with Crippen LogP contribution in [-0.4, -0.2) is 35.8 Å². The molecule has 0 aliphatic heterocycles. The molecule has 2 amide bonds. The number of benzene rings is 2. The molecule has 0 saturated carbocycles. The fourth-order valence-corrected chi connectivity index (χ4v) is 4.08. The van der Waals surface area contributed by atoms with Gasteiger partial charge in [-0.15, -0.1) is 11.3 Å². The summed E-state index contributed by atoms with van der Waals surface area (Å²) in [5.74, 6) is 0.319. The lowest BCUT2D eigenvalue weighted by atomic mass is 10.1. The number of nitrogens with one attached hydrogen (secondary N) is 1. The third kappa shape index (κ3) is 4.57. The summed E-state index contributed by atoms with van der Waals surface area (Å²) in [4.78, 5) is 32.0. The minimum absolute atomic E-state index is 0.0786. The van der Waals surface area contributed by atoms with Crippen LogP contribution in [0.2, 0.25) is 0 Å². The molecule has 31 heavy (non-hydrogen) atoms. The van der Waals surface area contributed by atoms with E-state index in [-0.39, 0.29) is 11.8 Å². The second-order valence-electron chi connectivity index (χ2n) is 7.12. The molecule has 156 valence electrons. The van der Waals surface area contributed by atoms with E-state index in [2.05, 4.69) is 10.3 Å². The van der Waals surface area contributed by atoms with Gasteiger partial charge in [-0.2, -0.15) is 0 Å². The van der Waals surface area contributed by atoms with E-state index in [9.17, 15) is 9.59 Å². The number of hydrogen-bond acceptors (Lipinski definition) is 5. The monoisotopic (exact) mass is 431 g/mol.